The SMILES string of the molecule is Cc1ncc(S(=O)(=O)NCc2ccc(C#CCO)cc2)[nH]1. The summed E-state index contributed by atoms with van der Waals surface area (Å²) >= 11 is 0. The fraction of sp³-hybridized carbons (Fsp3) is 0.214. The van der Waals surface area contributed by atoms with E-state index in [1.165, 1.54) is 6.20 Å². The second-order valence-electron chi connectivity index (χ2n) is 4.31. The van der Waals surface area contributed by atoms with Gasteiger partial charge in [0.15, 0.2) is 5.03 Å². The molecule has 1 heterocycles. The molecule has 7 heteroatoms. The predicted octanol–water partition coefficient (Wildman–Crippen LogP) is 0.540. The number of sulfonamides is 1. The first-order valence-electron chi connectivity index (χ1n) is 6.21. The van der Waals surface area contributed by atoms with Gasteiger partial charge in [0.25, 0.3) is 10.0 Å². The van der Waals surface area contributed by atoms with Crippen LogP contribution >= 0.6 is 0 Å². The Morgan fingerprint density at radius 1 is 1.33 bits per heavy atom. The van der Waals surface area contributed by atoms with Crippen molar-refractivity contribution in [2.24, 2.45) is 0 Å². The van der Waals surface area contributed by atoms with Gasteiger partial charge in [-0.15, -0.1) is 0 Å². The van der Waals surface area contributed by atoms with Crippen LogP contribution in [0, 0.1) is 18.8 Å². The highest BCUT2D eigenvalue weighted by atomic mass is 32.2. The second kappa shape index (κ2) is 6.54. The van der Waals surface area contributed by atoms with Gasteiger partial charge >= 0.3 is 0 Å². The minimum Gasteiger partial charge on any atom is -0.384 e. The first-order valence-corrected chi connectivity index (χ1v) is 7.69. The number of aliphatic hydroxyl groups excluding tert-OH is 1. The van der Waals surface area contributed by atoms with E-state index in [0.717, 1.165) is 11.1 Å². The summed E-state index contributed by atoms with van der Waals surface area (Å²) in [5, 5.41) is 8.65. The maximum absolute atomic E-state index is 12.0. The van der Waals surface area contributed by atoms with E-state index in [-0.39, 0.29) is 18.2 Å². The quantitative estimate of drug-likeness (QED) is 0.719. The van der Waals surface area contributed by atoms with Crippen molar-refractivity contribution < 1.29 is 13.5 Å². The number of hydrogen-bond acceptors (Lipinski definition) is 4. The summed E-state index contributed by atoms with van der Waals surface area (Å²) in [4.78, 5) is 6.55. The number of aromatic amines is 1. The Labute approximate surface area is 123 Å². The molecule has 21 heavy (non-hydrogen) atoms. The zero-order valence-electron chi connectivity index (χ0n) is 11.4. The van der Waals surface area contributed by atoms with Crippen LogP contribution in [-0.2, 0) is 16.6 Å². The average molecular weight is 305 g/mol. The summed E-state index contributed by atoms with van der Waals surface area (Å²) < 4.78 is 26.5. The molecule has 0 unspecified atom stereocenters. The van der Waals surface area contributed by atoms with Crippen molar-refractivity contribution in [3.8, 4) is 11.8 Å². The monoisotopic (exact) mass is 305 g/mol. The maximum atomic E-state index is 12.0. The van der Waals surface area contributed by atoms with Crippen LogP contribution in [0.5, 0.6) is 0 Å². The van der Waals surface area contributed by atoms with Crippen molar-refractivity contribution in [1.29, 1.82) is 0 Å². The second-order valence-corrected chi connectivity index (χ2v) is 6.05. The van der Waals surface area contributed by atoms with Crippen molar-refractivity contribution in [3.05, 3.63) is 47.4 Å². The molecule has 2 rings (SSSR count). The highest BCUT2D eigenvalue weighted by molar-refractivity contribution is 7.89. The normalized spacial score (nSPS) is 11.0. The molecule has 0 aliphatic heterocycles. The van der Waals surface area contributed by atoms with Crippen molar-refractivity contribution in [2.75, 3.05) is 6.61 Å². The van der Waals surface area contributed by atoms with Crippen LogP contribution < -0.4 is 4.72 Å². The molecule has 0 bridgehead atoms. The zero-order chi connectivity index (χ0) is 15.3. The summed E-state index contributed by atoms with van der Waals surface area (Å²) in [6.07, 6.45) is 1.28. The largest absolute Gasteiger partial charge is 0.384 e. The lowest BCUT2D eigenvalue weighted by Crippen LogP contribution is -2.23. The van der Waals surface area contributed by atoms with Crippen molar-refractivity contribution in [1.82, 2.24) is 14.7 Å². The highest BCUT2D eigenvalue weighted by Crippen LogP contribution is 2.08. The molecule has 0 saturated heterocycles. The van der Waals surface area contributed by atoms with E-state index in [4.69, 9.17) is 5.11 Å². The molecule has 0 saturated carbocycles. The number of H-pyrrole nitrogens is 1. The van der Waals surface area contributed by atoms with Gasteiger partial charge in [0, 0.05) is 12.1 Å². The Morgan fingerprint density at radius 3 is 2.62 bits per heavy atom. The van der Waals surface area contributed by atoms with Gasteiger partial charge in [0.2, 0.25) is 0 Å². The van der Waals surface area contributed by atoms with E-state index < -0.39 is 10.0 Å². The van der Waals surface area contributed by atoms with Crippen molar-refractivity contribution in [3.63, 3.8) is 0 Å². The van der Waals surface area contributed by atoms with Gasteiger partial charge in [-0.1, -0.05) is 24.0 Å². The third-order valence-electron chi connectivity index (χ3n) is 2.70. The van der Waals surface area contributed by atoms with Crippen molar-refractivity contribution >= 4 is 10.0 Å². The number of nitrogens with zero attached hydrogens (tertiary/aromatic N) is 1. The summed E-state index contributed by atoms with van der Waals surface area (Å²) in [7, 11) is -3.59. The Hall–Kier alpha value is -2.14. The summed E-state index contributed by atoms with van der Waals surface area (Å²) in [6, 6.07) is 7.10. The number of aryl methyl sites for hydroxylation is 1. The summed E-state index contributed by atoms with van der Waals surface area (Å²) in [5.41, 5.74) is 1.57. The predicted molar refractivity (Wildman–Crippen MR) is 77.8 cm³/mol. The Morgan fingerprint density at radius 2 is 2.05 bits per heavy atom. The number of aromatic nitrogens is 2. The molecule has 3 N–H and O–H groups in total. The molecule has 0 aliphatic carbocycles. The van der Waals surface area contributed by atoms with Crippen LogP contribution in [-0.4, -0.2) is 30.1 Å². The fourth-order valence-corrected chi connectivity index (χ4v) is 2.62. The third-order valence-corrected chi connectivity index (χ3v) is 4.01. The van der Waals surface area contributed by atoms with E-state index >= 15 is 0 Å². The minimum atomic E-state index is -3.59. The molecule has 1 aromatic carbocycles. The van der Waals surface area contributed by atoms with Crippen LogP contribution in [0.2, 0.25) is 0 Å². The van der Waals surface area contributed by atoms with Gasteiger partial charge < -0.3 is 10.1 Å². The summed E-state index contributed by atoms with van der Waals surface area (Å²) in [5.74, 6) is 5.86. The fourth-order valence-electron chi connectivity index (χ4n) is 1.64. The van der Waals surface area contributed by atoms with Gasteiger partial charge in [0.05, 0.1) is 6.20 Å². The molecule has 6 nitrogen and oxygen atoms in total. The van der Waals surface area contributed by atoms with Crippen LogP contribution in [0.4, 0.5) is 0 Å². The number of hydrogen-bond donors (Lipinski definition) is 3. The molecule has 0 atom stereocenters. The first-order chi connectivity index (χ1) is 10.0. The van der Waals surface area contributed by atoms with E-state index in [2.05, 4.69) is 26.5 Å². The van der Waals surface area contributed by atoms with E-state index in [0.29, 0.717) is 5.82 Å². The number of aliphatic hydroxyl groups is 1. The number of rotatable bonds is 4. The number of imidazole rings is 1. The van der Waals surface area contributed by atoms with E-state index in [1.807, 2.05) is 0 Å². The first kappa shape index (κ1) is 15.3. The Bertz CT molecular complexity index is 768. The van der Waals surface area contributed by atoms with Gasteiger partial charge in [-0.3, -0.25) is 0 Å². The molecule has 1 aromatic heterocycles. The molecule has 110 valence electrons. The summed E-state index contributed by atoms with van der Waals surface area (Å²) in [6.45, 7) is 1.67. The molecule has 0 aliphatic rings. The Kier molecular flexibility index (Phi) is 4.75. The molecule has 0 spiro atoms. The molecule has 0 fully saturated rings. The lowest BCUT2D eigenvalue weighted by molar-refractivity contribution is 0.350. The standard InChI is InChI=1S/C14H15N3O3S/c1-11-15-10-14(17-11)21(19,20)16-9-13-6-4-12(5-7-13)3-2-8-18/h4-7,10,16,18H,8-9H2,1H3,(H,15,17). The maximum Gasteiger partial charge on any atom is 0.257 e. The van der Waals surface area contributed by atoms with Gasteiger partial charge in [-0.05, 0) is 24.6 Å². The average Bonchev–Trinajstić information content (AvgIpc) is 2.91. The van der Waals surface area contributed by atoms with Crippen LogP contribution in [0.1, 0.15) is 17.0 Å². The molecule has 0 amide bonds. The van der Waals surface area contributed by atoms with Crippen LogP contribution in [0.3, 0.4) is 0 Å². The van der Waals surface area contributed by atoms with Gasteiger partial charge in [-0.25, -0.2) is 18.1 Å². The lowest BCUT2D eigenvalue weighted by Gasteiger charge is -2.05. The van der Waals surface area contributed by atoms with Gasteiger partial charge in [0.1, 0.15) is 12.4 Å². The lowest BCUT2D eigenvalue weighted by atomic mass is 10.1. The third kappa shape index (κ3) is 4.16. The smallest absolute Gasteiger partial charge is 0.257 e. The van der Waals surface area contributed by atoms with Crippen molar-refractivity contribution in [2.45, 2.75) is 18.5 Å². The molecule has 0 radical (unpaired) electrons. The zero-order valence-corrected chi connectivity index (χ0v) is 12.2. The topological polar surface area (TPSA) is 95.1 Å². The van der Waals surface area contributed by atoms with E-state index in [1.54, 1.807) is 31.2 Å². The van der Waals surface area contributed by atoms with Crippen LogP contribution in [0.15, 0.2) is 35.5 Å². The molecular weight excluding hydrogens is 290 g/mol. The molecule has 2 aromatic rings. The minimum absolute atomic E-state index is 0.0467. The van der Waals surface area contributed by atoms with Gasteiger partial charge in [-0.2, -0.15) is 0 Å². The Balaban J connectivity index is 2.03. The highest BCUT2D eigenvalue weighted by Gasteiger charge is 2.15. The van der Waals surface area contributed by atoms with Crippen LogP contribution in [0.25, 0.3) is 0 Å². The molecular formula is C14H15N3O3S. The van der Waals surface area contributed by atoms with E-state index in [9.17, 15) is 8.42 Å². The number of benzene rings is 1. The number of nitrogens with one attached hydrogen (secondary N) is 2.